The smallest absolute Gasteiger partial charge is 0.221 e. The first-order chi connectivity index (χ1) is 9.31. The Morgan fingerprint density at radius 2 is 2.16 bits per heavy atom. The quantitative estimate of drug-likeness (QED) is 0.781. The van der Waals surface area contributed by atoms with E-state index in [9.17, 15) is 4.79 Å². The summed E-state index contributed by atoms with van der Waals surface area (Å²) >= 11 is 1.95. The van der Waals surface area contributed by atoms with Crippen molar-refractivity contribution in [2.75, 3.05) is 13.1 Å². The molecule has 1 atom stereocenters. The summed E-state index contributed by atoms with van der Waals surface area (Å²) in [6, 6.07) is 9.10. The Bertz CT molecular complexity index is 434. The molecule has 1 aliphatic heterocycles. The van der Waals surface area contributed by atoms with Crippen LogP contribution in [0.25, 0.3) is 0 Å². The third-order valence-electron chi connectivity index (χ3n) is 3.56. The summed E-state index contributed by atoms with van der Waals surface area (Å²) in [6.45, 7) is 1.77. The molecule has 3 nitrogen and oxygen atoms in total. The summed E-state index contributed by atoms with van der Waals surface area (Å²) < 4.78 is 0. The standard InChI is InChI=1S/C15H20N2OS/c18-15(17-12-5-6-12)7-8-16-10-13-9-11-3-1-2-4-14(11)19-13/h1-4,12-13,16H,5-10H2,(H,17,18). The number of fused-ring (bicyclic) bond motifs is 1. The maximum Gasteiger partial charge on any atom is 0.221 e. The molecule has 3 rings (SSSR count). The van der Waals surface area contributed by atoms with Gasteiger partial charge in [0.1, 0.15) is 0 Å². The molecule has 4 heteroatoms. The highest BCUT2D eigenvalue weighted by Gasteiger charge is 2.23. The lowest BCUT2D eigenvalue weighted by Crippen LogP contribution is -2.31. The second kappa shape index (κ2) is 5.97. The number of rotatable bonds is 6. The van der Waals surface area contributed by atoms with Crippen molar-refractivity contribution in [1.29, 1.82) is 0 Å². The number of nitrogens with one attached hydrogen (secondary N) is 2. The van der Waals surface area contributed by atoms with Gasteiger partial charge >= 0.3 is 0 Å². The van der Waals surface area contributed by atoms with E-state index < -0.39 is 0 Å². The third-order valence-corrected chi connectivity index (χ3v) is 4.88. The minimum absolute atomic E-state index is 0.192. The number of hydrogen-bond donors (Lipinski definition) is 2. The Balaban J connectivity index is 1.32. The van der Waals surface area contributed by atoms with Gasteiger partial charge in [0.15, 0.2) is 0 Å². The zero-order valence-corrected chi connectivity index (χ0v) is 11.8. The van der Waals surface area contributed by atoms with Crippen molar-refractivity contribution in [3.63, 3.8) is 0 Å². The van der Waals surface area contributed by atoms with Crippen molar-refractivity contribution in [2.24, 2.45) is 0 Å². The second-order valence-corrected chi connectivity index (χ2v) is 6.69. The van der Waals surface area contributed by atoms with E-state index in [1.54, 1.807) is 0 Å². The summed E-state index contributed by atoms with van der Waals surface area (Å²) in [5.74, 6) is 0.192. The number of carbonyl (C=O) groups excluding carboxylic acids is 1. The molecule has 1 aliphatic carbocycles. The molecule has 2 aliphatic rings. The highest BCUT2D eigenvalue weighted by molar-refractivity contribution is 8.00. The van der Waals surface area contributed by atoms with Crippen LogP contribution in [0.15, 0.2) is 29.2 Å². The lowest BCUT2D eigenvalue weighted by atomic mass is 10.1. The zero-order valence-electron chi connectivity index (χ0n) is 11.0. The van der Waals surface area contributed by atoms with E-state index in [4.69, 9.17) is 0 Å². The minimum atomic E-state index is 0.192. The van der Waals surface area contributed by atoms with Crippen LogP contribution in [-0.4, -0.2) is 30.3 Å². The molecule has 2 N–H and O–H groups in total. The summed E-state index contributed by atoms with van der Waals surface area (Å²) in [4.78, 5) is 12.9. The van der Waals surface area contributed by atoms with Crippen molar-refractivity contribution in [1.82, 2.24) is 10.6 Å². The van der Waals surface area contributed by atoms with Gasteiger partial charge in [-0.3, -0.25) is 4.79 Å². The molecule has 102 valence electrons. The largest absolute Gasteiger partial charge is 0.353 e. The van der Waals surface area contributed by atoms with Crippen LogP contribution in [0.2, 0.25) is 0 Å². The van der Waals surface area contributed by atoms with Crippen molar-refractivity contribution >= 4 is 17.7 Å². The predicted molar refractivity (Wildman–Crippen MR) is 78.4 cm³/mol. The van der Waals surface area contributed by atoms with Crippen molar-refractivity contribution in [2.45, 2.75) is 41.9 Å². The molecule has 0 spiro atoms. The van der Waals surface area contributed by atoms with E-state index in [0.29, 0.717) is 17.7 Å². The Morgan fingerprint density at radius 1 is 1.32 bits per heavy atom. The molecule has 1 aromatic rings. The van der Waals surface area contributed by atoms with E-state index in [1.165, 1.54) is 10.5 Å². The highest BCUT2D eigenvalue weighted by atomic mass is 32.2. The first-order valence-corrected chi connectivity index (χ1v) is 7.94. The van der Waals surface area contributed by atoms with Crippen LogP contribution in [0.4, 0.5) is 0 Å². The highest BCUT2D eigenvalue weighted by Crippen LogP contribution is 2.36. The van der Waals surface area contributed by atoms with Gasteiger partial charge in [-0.2, -0.15) is 0 Å². The fraction of sp³-hybridized carbons (Fsp3) is 0.533. The number of thioether (sulfide) groups is 1. The summed E-state index contributed by atoms with van der Waals surface area (Å²) in [5.41, 5.74) is 1.46. The molecule has 1 unspecified atom stereocenters. The maximum absolute atomic E-state index is 11.5. The lowest BCUT2D eigenvalue weighted by molar-refractivity contribution is -0.121. The van der Waals surface area contributed by atoms with E-state index >= 15 is 0 Å². The van der Waals surface area contributed by atoms with Gasteiger partial charge in [-0.1, -0.05) is 18.2 Å². The molecular weight excluding hydrogens is 256 g/mol. The molecule has 1 fully saturated rings. The van der Waals surface area contributed by atoms with Gasteiger partial charge in [0.05, 0.1) is 0 Å². The van der Waals surface area contributed by atoms with Crippen LogP contribution in [0.3, 0.4) is 0 Å². The molecular formula is C15H20N2OS. The van der Waals surface area contributed by atoms with E-state index in [1.807, 2.05) is 11.8 Å². The number of carbonyl (C=O) groups is 1. The minimum Gasteiger partial charge on any atom is -0.353 e. The van der Waals surface area contributed by atoms with Crippen LogP contribution >= 0.6 is 11.8 Å². The van der Waals surface area contributed by atoms with Crippen LogP contribution in [0.1, 0.15) is 24.8 Å². The summed E-state index contributed by atoms with van der Waals surface area (Å²) in [6.07, 6.45) is 4.06. The maximum atomic E-state index is 11.5. The van der Waals surface area contributed by atoms with Gasteiger partial charge in [-0.15, -0.1) is 11.8 Å². The molecule has 0 aromatic heterocycles. The van der Waals surface area contributed by atoms with Crippen LogP contribution in [0, 0.1) is 0 Å². The molecule has 1 saturated carbocycles. The summed E-state index contributed by atoms with van der Waals surface area (Å²) in [7, 11) is 0. The molecule has 1 heterocycles. The SMILES string of the molecule is O=C(CCNCC1Cc2ccccc2S1)NC1CC1. The Hall–Kier alpha value is -1.00. The Morgan fingerprint density at radius 3 is 2.95 bits per heavy atom. The fourth-order valence-electron chi connectivity index (χ4n) is 2.36. The van der Waals surface area contributed by atoms with Gasteiger partial charge in [-0.05, 0) is 30.9 Å². The Labute approximate surface area is 118 Å². The monoisotopic (exact) mass is 276 g/mol. The van der Waals surface area contributed by atoms with Crippen LogP contribution < -0.4 is 10.6 Å². The average Bonchev–Trinajstić information content (AvgIpc) is 3.11. The second-order valence-electron chi connectivity index (χ2n) is 5.35. The van der Waals surface area contributed by atoms with Crippen molar-refractivity contribution in [3.8, 4) is 0 Å². The lowest BCUT2D eigenvalue weighted by Gasteiger charge is -2.10. The topological polar surface area (TPSA) is 41.1 Å². The van der Waals surface area contributed by atoms with E-state index in [2.05, 4.69) is 34.9 Å². The fourth-order valence-corrected chi connectivity index (χ4v) is 3.64. The molecule has 1 amide bonds. The number of amides is 1. The Kier molecular flexibility index (Phi) is 4.09. The predicted octanol–water partition coefficient (Wildman–Crippen LogP) is 1.96. The first kappa shape index (κ1) is 13.0. The molecule has 19 heavy (non-hydrogen) atoms. The summed E-state index contributed by atoms with van der Waals surface area (Å²) in [5, 5.41) is 7.03. The molecule has 1 aromatic carbocycles. The normalized spacial score (nSPS) is 21.2. The van der Waals surface area contributed by atoms with Crippen molar-refractivity contribution in [3.05, 3.63) is 29.8 Å². The van der Waals surface area contributed by atoms with E-state index in [-0.39, 0.29) is 5.91 Å². The van der Waals surface area contributed by atoms with Crippen molar-refractivity contribution < 1.29 is 4.79 Å². The van der Waals surface area contributed by atoms with Crippen LogP contribution in [0.5, 0.6) is 0 Å². The van der Waals surface area contributed by atoms with Gasteiger partial charge in [0.25, 0.3) is 0 Å². The van der Waals surface area contributed by atoms with Gasteiger partial charge in [-0.25, -0.2) is 0 Å². The van der Waals surface area contributed by atoms with Gasteiger partial charge in [0, 0.05) is 35.7 Å². The van der Waals surface area contributed by atoms with Gasteiger partial charge < -0.3 is 10.6 Å². The number of benzene rings is 1. The zero-order chi connectivity index (χ0) is 13.1. The van der Waals surface area contributed by atoms with E-state index in [0.717, 1.165) is 32.4 Å². The van der Waals surface area contributed by atoms with Gasteiger partial charge in [0.2, 0.25) is 5.91 Å². The molecule has 0 bridgehead atoms. The first-order valence-electron chi connectivity index (χ1n) is 7.06. The molecule has 0 saturated heterocycles. The number of hydrogen-bond acceptors (Lipinski definition) is 3. The average molecular weight is 276 g/mol. The van der Waals surface area contributed by atoms with Crippen LogP contribution in [-0.2, 0) is 11.2 Å². The third kappa shape index (κ3) is 3.74. The molecule has 0 radical (unpaired) electrons.